The molecule has 0 bridgehead atoms. The number of nitrogens with one attached hydrogen (secondary N) is 1. The van der Waals surface area contributed by atoms with Gasteiger partial charge in [-0.1, -0.05) is 11.6 Å². The number of hydrogen-bond donors (Lipinski definition) is 2. The van der Waals surface area contributed by atoms with Crippen LogP contribution in [0.5, 0.6) is 0 Å². The van der Waals surface area contributed by atoms with E-state index in [9.17, 15) is 4.79 Å². The van der Waals surface area contributed by atoms with Crippen molar-refractivity contribution in [3.8, 4) is 0 Å². The van der Waals surface area contributed by atoms with Crippen LogP contribution in [0.4, 0.5) is 5.69 Å². The van der Waals surface area contributed by atoms with Crippen LogP contribution >= 0.6 is 11.6 Å². The van der Waals surface area contributed by atoms with Crippen molar-refractivity contribution in [2.75, 3.05) is 12.3 Å². The molecule has 0 radical (unpaired) electrons. The van der Waals surface area contributed by atoms with Gasteiger partial charge in [0.2, 0.25) is 0 Å². The fraction of sp³-hybridized carbons (Fsp3) is 0.500. The van der Waals surface area contributed by atoms with Gasteiger partial charge in [-0.05, 0) is 44.9 Å². The Morgan fingerprint density at radius 3 is 2.89 bits per heavy atom. The summed E-state index contributed by atoms with van der Waals surface area (Å²) in [6.07, 6.45) is 1.64. The Balaban J connectivity index is 2.02. The molecule has 1 saturated heterocycles. The van der Waals surface area contributed by atoms with Gasteiger partial charge in [-0.25, -0.2) is 0 Å². The predicted molar refractivity (Wildman–Crippen MR) is 76.4 cm³/mol. The third-order valence-electron chi connectivity index (χ3n) is 3.29. The van der Waals surface area contributed by atoms with Crippen LogP contribution < -0.4 is 11.1 Å². The van der Waals surface area contributed by atoms with Crippen molar-refractivity contribution in [2.24, 2.45) is 0 Å². The minimum atomic E-state index is -0.185. The smallest absolute Gasteiger partial charge is 0.251 e. The number of ether oxygens (including phenoxy) is 1. The zero-order valence-corrected chi connectivity index (χ0v) is 12.0. The number of nitrogens with two attached hydrogens (primary N) is 1. The molecule has 5 heteroatoms. The molecule has 0 aromatic heterocycles. The van der Waals surface area contributed by atoms with Crippen LogP contribution in [-0.2, 0) is 4.74 Å². The summed E-state index contributed by atoms with van der Waals surface area (Å²) in [5.74, 6) is -0.119. The molecule has 1 aliphatic rings. The van der Waals surface area contributed by atoms with Gasteiger partial charge in [0.1, 0.15) is 0 Å². The van der Waals surface area contributed by atoms with E-state index in [0.29, 0.717) is 22.9 Å². The van der Waals surface area contributed by atoms with Crippen LogP contribution in [0, 0.1) is 0 Å². The molecule has 19 heavy (non-hydrogen) atoms. The number of amides is 1. The maximum Gasteiger partial charge on any atom is 0.251 e. The third-order valence-corrected chi connectivity index (χ3v) is 3.63. The van der Waals surface area contributed by atoms with Gasteiger partial charge < -0.3 is 15.8 Å². The summed E-state index contributed by atoms with van der Waals surface area (Å²) in [6, 6.07) is 5.05. The lowest BCUT2D eigenvalue weighted by molar-refractivity contribution is -0.0615. The Morgan fingerprint density at radius 2 is 2.26 bits per heavy atom. The monoisotopic (exact) mass is 282 g/mol. The molecule has 1 heterocycles. The van der Waals surface area contributed by atoms with Gasteiger partial charge in [0.25, 0.3) is 5.91 Å². The maximum absolute atomic E-state index is 12.1. The second-order valence-electron chi connectivity index (χ2n) is 5.51. The fourth-order valence-electron chi connectivity index (χ4n) is 2.31. The van der Waals surface area contributed by atoms with E-state index in [2.05, 4.69) is 5.32 Å². The zero-order chi connectivity index (χ0) is 14.0. The summed E-state index contributed by atoms with van der Waals surface area (Å²) in [5.41, 5.74) is 6.47. The van der Waals surface area contributed by atoms with Crippen LogP contribution in [0.2, 0.25) is 5.02 Å². The van der Waals surface area contributed by atoms with Gasteiger partial charge in [0.05, 0.1) is 16.3 Å². The first-order valence-electron chi connectivity index (χ1n) is 6.37. The Morgan fingerprint density at radius 1 is 1.53 bits per heavy atom. The van der Waals surface area contributed by atoms with E-state index >= 15 is 0 Å². The lowest BCUT2D eigenvalue weighted by Gasteiger charge is -2.35. The molecule has 1 atom stereocenters. The van der Waals surface area contributed by atoms with Gasteiger partial charge >= 0.3 is 0 Å². The molecule has 1 aromatic carbocycles. The number of nitrogen functional groups attached to an aromatic ring is 1. The average molecular weight is 283 g/mol. The van der Waals surface area contributed by atoms with Crippen molar-refractivity contribution in [2.45, 2.75) is 38.3 Å². The SMILES string of the molecule is CC1(C)CC(NC(=O)c2ccc(Cl)c(N)c2)CCO1. The molecule has 1 aliphatic heterocycles. The van der Waals surface area contributed by atoms with Crippen molar-refractivity contribution in [3.63, 3.8) is 0 Å². The number of carbonyl (C=O) groups is 1. The van der Waals surface area contributed by atoms with Crippen molar-refractivity contribution in [1.29, 1.82) is 0 Å². The van der Waals surface area contributed by atoms with Crippen LogP contribution in [0.1, 0.15) is 37.0 Å². The maximum atomic E-state index is 12.1. The zero-order valence-electron chi connectivity index (χ0n) is 11.2. The molecular weight excluding hydrogens is 264 g/mol. The van der Waals surface area contributed by atoms with Gasteiger partial charge in [0, 0.05) is 18.2 Å². The van der Waals surface area contributed by atoms with E-state index in [4.69, 9.17) is 22.1 Å². The van der Waals surface area contributed by atoms with Gasteiger partial charge in [0.15, 0.2) is 0 Å². The predicted octanol–water partition coefficient (Wildman–Crippen LogP) is 2.61. The Kier molecular flexibility index (Phi) is 4.02. The highest BCUT2D eigenvalue weighted by Gasteiger charge is 2.29. The Bertz CT molecular complexity index is 488. The van der Waals surface area contributed by atoms with Crippen molar-refractivity contribution < 1.29 is 9.53 Å². The number of halogens is 1. The summed E-state index contributed by atoms with van der Waals surface area (Å²) < 4.78 is 5.63. The molecule has 1 aromatic rings. The van der Waals surface area contributed by atoms with Gasteiger partial charge in [-0.2, -0.15) is 0 Å². The van der Waals surface area contributed by atoms with Crippen molar-refractivity contribution >= 4 is 23.2 Å². The number of rotatable bonds is 2. The first-order valence-corrected chi connectivity index (χ1v) is 6.75. The molecule has 1 amide bonds. The van der Waals surface area contributed by atoms with E-state index in [1.165, 1.54) is 0 Å². The second kappa shape index (κ2) is 5.39. The molecule has 4 nitrogen and oxygen atoms in total. The first kappa shape index (κ1) is 14.2. The quantitative estimate of drug-likeness (QED) is 0.820. The first-order chi connectivity index (χ1) is 8.87. The summed E-state index contributed by atoms with van der Waals surface area (Å²) in [4.78, 5) is 12.1. The number of carbonyl (C=O) groups excluding carboxylic acids is 1. The molecule has 0 saturated carbocycles. The Hall–Kier alpha value is -1.26. The van der Waals surface area contributed by atoms with Gasteiger partial charge in [-0.3, -0.25) is 4.79 Å². The summed E-state index contributed by atoms with van der Waals surface area (Å²) in [7, 11) is 0. The van der Waals surface area contributed by atoms with Crippen LogP contribution in [0.15, 0.2) is 18.2 Å². The molecule has 0 aliphatic carbocycles. The summed E-state index contributed by atoms with van der Waals surface area (Å²) in [5, 5.41) is 3.48. The molecular formula is C14H19ClN2O2. The summed E-state index contributed by atoms with van der Waals surface area (Å²) >= 11 is 5.84. The van der Waals surface area contributed by atoms with Crippen LogP contribution in [-0.4, -0.2) is 24.2 Å². The highest BCUT2D eigenvalue weighted by Crippen LogP contribution is 2.24. The largest absolute Gasteiger partial charge is 0.398 e. The van der Waals surface area contributed by atoms with E-state index in [0.717, 1.165) is 12.8 Å². The Labute approximate surface area is 118 Å². The van der Waals surface area contributed by atoms with E-state index in [-0.39, 0.29) is 17.6 Å². The number of anilines is 1. The molecule has 3 N–H and O–H groups in total. The third kappa shape index (κ3) is 3.61. The fourth-order valence-corrected chi connectivity index (χ4v) is 2.43. The summed E-state index contributed by atoms with van der Waals surface area (Å²) in [6.45, 7) is 4.73. The molecule has 1 fully saturated rings. The highest BCUT2D eigenvalue weighted by atomic mass is 35.5. The van der Waals surface area contributed by atoms with Gasteiger partial charge in [-0.15, -0.1) is 0 Å². The number of benzene rings is 1. The minimum absolute atomic E-state index is 0.119. The topological polar surface area (TPSA) is 64.4 Å². The number of hydrogen-bond acceptors (Lipinski definition) is 3. The normalized spacial score (nSPS) is 21.9. The minimum Gasteiger partial charge on any atom is -0.398 e. The molecule has 1 unspecified atom stereocenters. The molecule has 0 spiro atoms. The van der Waals surface area contributed by atoms with E-state index in [1.807, 2.05) is 13.8 Å². The second-order valence-corrected chi connectivity index (χ2v) is 5.91. The average Bonchev–Trinajstić information content (AvgIpc) is 2.31. The van der Waals surface area contributed by atoms with Crippen LogP contribution in [0.25, 0.3) is 0 Å². The lowest BCUT2D eigenvalue weighted by Crippen LogP contribution is -2.45. The van der Waals surface area contributed by atoms with E-state index in [1.54, 1.807) is 18.2 Å². The van der Waals surface area contributed by atoms with Crippen molar-refractivity contribution in [3.05, 3.63) is 28.8 Å². The molecule has 104 valence electrons. The molecule has 2 rings (SSSR count). The van der Waals surface area contributed by atoms with E-state index < -0.39 is 0 Å². The van der Waals surface area contributed by atoms with Crippen molar-refractivity contribution in [1.82, 2.24) is 5.32 Å². The highest BCUT2D eigenvalue weighted by molar-refractivity contribution is 6.33. The van der Waals surface area contributed by atoms with Crippen LogP contribution in [0.3, 0.4) is 0 Å². The standard InChI is InChI=1S/C14H19ClN2O2/c1-14(2)8-10(5-6-19-14)17-13(18)9-3-4-11(15)12(16)7-9/h3-4,7,10H,5-6,8,16H2,1-2H3,(H,17,18). The lowest BCUT2D eigenvalue weighted by atomic mass is 9.94.